The molecule has 0 aliphatic carbocycles. The number of nitrogens with zero attached hydrogens (tertiary/aromatic N) is 6. The zero-order valence-corrected chi connectivity index (χ0v) is 41.7. The number of hydrogen-bond acceptors (Lipinski definition) is 10. The van der Waals surface area contributed by atoms with Gasteiger partial charge in [0.1, 0.15) is 24.2 Å². The number of carboxylic acid groups (broad SMARTS) is 4. The van der Waals surface area contributed by atoms with Crippen molar-refractivity contribution >= 4 is 59.3 Å². The molecule has 5 aromatic rings. The van der Waals surface area contributed by atoms with Crippen LogP contribution in [0.1, 0.15) is 96.2 Å². The number of hydrogen-bond donors (Lipinski definition) is 8. The van der Waals surface area contributed by atoms with Gasteiger partial charge >= 0.3 is 23.9 Å². The smallest absolute Gasteiger partial charge is 0.326 e. The highest BCUT2D eigenvalue weighted by Crippen LogP contribution is 2.18. The summed E-state index contributed by atoms with van der Waals surface area (Å²) in [7, 11) is 0. The summed E-state index contributed by atoms with van der Waals surface area (Å²) in [5.41, 5.74) is 0.262. The molecule has 406 valence electrons. The molecule has 24 nitrogen and oxygen atoms in total. The third kappa shape index (κ3) is 18.2. The lowest BCUT2D eigenvalue weighted by Crippen LogP contribution is -2.43. The maximum absolute atomic E-state index is 14.1. The molecule has 1 aromatic carbocycles. The van der Waals surface area contributed by atoms with Gasteiger partial charge in [0, 0.05) is 139 Å². The number of carbonyl (C=O) groups excluding carboxylic acids is 6. The monoisotopic (exact) mass is 1050 g/mol. The van der Waals surface area contributed by atoms with E-state index in [1.54, 1.807) is 98.1 Å². The van der Waals surface area contributed by atoms with Gasteiger partial charge in [-0.25, -0.2) is 19.2 Å². The van der Waals surface area contributed by atoms with Gasteiger partial charge in [-0.05, 0) is 98.5 Å². The van der Waals surface area contributed by atoms with Crippen LogP contribution in [0, 0.1) is 0 Å². The van der Waals surface area contributed by atoms with Crippen molar-refractivity contribution in [1.82, 2.24) is 49.3 Å². The van der Waals surface area contributed by atoms with Gasteiger partial charge in [-0.2, -0.15) is 0 Å². The number of aromatic nitrogens is 4. The van der Waals surface area contributed by atoms with Crippen molar-refractivity contribution < 1.29 is 68.4 Å². The molecule has 0 bridgehead atoms. The van der Waals surface area contributed by atoms with Gasteiger partial charge in [-0.3, -0.25) is 28.8 Å². The predicted molar refractivity (Wildman–Crippen MR) is 272 cm³/mol. The molecule has 0 saturated heterocycles. The number of rotatable bonds is 34. The quantitative estimate of drug-likeness (QED) is 0.0294. The maximum atomic E-state index is 14.1. The summed E-state index contributed by atoms with van der Waals surface area (Å²) in [4.78, 5) is 130. The number of benzene rings is 1. The van der Waals surface area contributed by atoms with Crippen LogP contribution >= 0.6 is 0 Å². The lowest BCUT2D eigenvalue weighted by molar-refractivity contribution is -0.142. The van der Waals surface area contributed by atoms with Gasteiger partial charge in [0.05, 0.1) is 0 Å². The highest BCUT2D eigenvalue weighted by atomic mass is 16.4. The Labute approximate surface area is 437 Å². The average molecular weight is 1050 g/mol. The fraction of sp³-hybridized carbons (Fsp3) is 0.385. The van der Waals surface area contributed by atoms with E-state index < -0.39 is 83.5 Å². The molecular formula is C52H64N10O14. The number of nitrogens with one attached hydrogen (secondary N) is 4. The Morgan fingerprint density at radius 2 is 0.553 bits per heavy atom. The summed E-state index contributed by atoms with van der Waals surface area (Å²) in [5.74, 6) is -7.34. The summed E-state index contributed by atoms with van der Waals surface area (Å²) >= 11 is 0. The van der Waals surface area contributed by atoms with Crippen molar-refractivity contribution in [2.45, 2.75) is 75.5 Å². The Balaban J connectivity index is 1.23. The predicted octanol–water partition coefficient (Wildman–Crippen LogP) is 2.67. The van der Waals surface area contributed by atoms with Crippen LogP contribution in [-0.2, 0) is 38.4 Å². The summed E-state index contributed by atoms with van der Waals surface area (Å²) in [5, 5.41) is 49.7. The van der Waals surface area contributed by atoms with Crippen LogP contribution in [-0.4, -0.2) is 160 Å². The van der Waals surface area contributed by atoms with Crippen LogP contribution in [0.2, 0.25) is 0 Å². The Kier molecular flexibility index (Phi) is 22.6. The molecule has 0 aliphatic heterocycles. The van der Waals surface area contributed by atoms with Crippen LogP contribution < -0.4 is 21.3 Å². The van der Waals surface area contributed by atoms with E-state index in [1.807, 2.05) is 0 Å². The Morgan fingerprint density at radius 1 is 0.355 bits per heavy atom. The van der Waals surface area contributed by atoms with E-state index in [0.29, 0.717) is 0 Å². The van der Waals surface area contributed by atoms with Crippen molar-refractivity contribution in [3.05, 3.63) is 133 Å². The number of carboxylic acids is 4. The largest absolute Gasteiger partial charge is 0.480 e. The van der Waals surface area contributed by atoms with Crippen LogP contribution in [0.4, 0.5) is 0 Å². The molecule has 4 aromatic heterocycles. The Morgan fingerprint density at radius 3 is 0.737 bits per heavy atom. The standard InChI is InChI=1S/C52H64N10O14/c63-43(17-13-39(49(69)70)57-25-1-2-26-57)53-21-33-61(34-22-54-44(64)18-14-40(50(71)72)58-27-3-4-28-58)47(67)37-9-11-38(12-10-37)48(68)62(35-23-55-45(65)19-15-41(51(73)74)59-29-5-6-30-59)36-24-56-46(66)20-16-42(52(75)76)60-31-7-8-32-60/h1-12,25-32,39-42H,13-24,33-36H2,(H,53,63)(H,54,64)(H,55,65)(H,56,66)(H,69,70)(H,71,72)(H,73,74)(H,75,76)/t39-,40-,41-,42-/m0/s1. The number of aliphatic carboxylic acids is 4. The molecule has 76 heavy (non-hydrogen) atoms. The molecular weight excluding hydrogens is 989 g/mol. The molecule has 0 radical (unpaired) electrons. The van der Waals surface area contributed by atoms with E-state index in [4.69, 9.17) is 0 Å². The van der Waals surface area contributed by atoms with Gasteiger partial charge in [-0.15, -0.1) is 0 Å². The van der Waals surface area contributed by atoms with Crippen molar-refractivity contribution in [3.63, 3.8) is 0 Å². The van der Waals surface area contributed by atoms with Crippen molar-refractivity contribution in [2.75, 3.05) is 52.4 Å². The first kappa shape index (κ1) is 57.9. The maximum Gasteiger partial charge on any atom is 0.326 e. The second-order valence-electron chi connectivity index (χ2n) is 17.7. The summed E-state index contributed by atoms with van der Waals surface area (Å²) < 4.78 is 5.92. The van der Waals surface area contributed by atoms with Gasteiger partial charge < -0.3 is 69.8 Å². The third-order valence-electron chi connectivity index (χ3n) is 12.4. The lowest BCUT2D eigenvalue weighted by Gasteiger charge is -2.25. The van der Waals surface area contributed by atoms with E-state index in [1.165, 1.54) is 52.3 Å². The van der Waals surface area contributed by atoms with Gasteiger partial charge in [0.15, 0.2) is 0 Å². The Hall–Kier alpha value is -8.96. The molecule has 0 unspecified atom stereocenters. The minimum atomic E-state index is -1.11. The molecule has 5 rings (SSSR count). The van der Waals surface area contributed by atoms with E-state index in [9.17, 15) is 68.4 Å². The normalized spacial score (nSPS) is 12.5. The van der Waals surface area contributed by atoms with Crippen LogP contribution in [0.15, 0.2) is 122 Å². The highest BCUT2D eigenvalue weighted by Gasteiger charge is 2.25. The third-order valence-corrected chi connectivity index (χ3v) is 12.4. The van der Waals surface area contributed by atoms with E-state index in [2.05, 4.69) is 21.3 Å². The molecule has 0 fully saturated rings. The van der Waals surface area contributed by atoms with Gasteiger partial charge in [0.25, 0.3) is 11.8 Å². The molecule has 24 heteroatoms. The van der Waals surface area contributed by atoms with Gasteiger partial charge in [0.2, 0.25) is 23.6 Å². The fourth-order valence-electron chi connectivity index (χ4n) is 8.32. The number of carbonyl (C=O) groups is 10. The van der Waals surface area contributed by atoms with Crippen LogP contribution in [0.25, 0.3) is 0 Å². The molecule has 6 amide bonds. The first-order chi connectivity index (χ1) is 36.5. The lowest BCUT2D eigenvalue weighted by atomic mass is 10.1. The van der Waals surface area contributed by atoms with E-state index >= 15 is 0 Å². The second kappa shape index (κ2) is 29.7. The molecule has 4 heterocycles. The second-order valence-corrected chi connectivity index (χ2v) is 17.7. The molecule has 0 spiro atoms. The zero-order chi connectivity index (χ0) is 55.0. The average Bonchev–Trinajstić information content (AvgIpc) is 4.26. The van der Waals surface area contributed by atoms with E-state index in [0.717, 1.165) is 0 Å². The highest BCUT2D eigenvalue weighted by molar-refractivity contribution is 5.98. The van der Waals surface area contributed by atoms with Crippen LogP contribution in [0.3, 0.4) is 0 Å². The minimum absolute atomic E-state index is 0.00206. The minimum Gasteiger partial charge on any atom is -0.480 e. The summed E-state index contributed by atoms with van der Waals surface area (Å²) in [6, 6.07) is 15.1. The fourth-order valence-corrected chi connectivity index (χ4v) is 8.32. The summed E-state index contributed by atoms with van der Waals surface area (Å²) in [6.45, 7) is -0.374. The zero-order valence-electron chi connectivity index (χ0n) is 41.7. The van der Waals surface area contributed by atoms with Gasteiger partial charge in [-0.1, -0.05) is 0 Å². The molecule has 4 atom stereocenters. The summed E-state index contributed by atoms with van der Waals surface area (Å²) in [6.07, 6.45) is 12.1. The first-order valence-electron chi connectivity index (χ1n) is 24.7. The van der Waals surface area contributed by atoms with Crippen molar-refractivity contribution in [1.29, 1.82) is 0 Å². The molecule has 8 N–H and O–H groups in total. The first-order valence-corrected chi connectivity index (χ1v) is 24.7. The Bertz CT molecular complexity index is 2360. The SMILES string of the molecule is O=C(CC[C@@H](C(=O)O)n1cccc1)NCCN(CCNC(=O)CC[C@@H](C(=O)O)n1cccc1)C(=O)c1ccc(C(=O)N(CCNC(=O)CC[C@@H](C(=O)O)n2cccc2)CCNC(=O)CC[C@@H](C(=O)O)n2cccc2)cc1. The van der Waals surface area contributed by atoms with E-state index in [-0.39, 0.29) is 115 Å². The molecule has 0 saturated carbocycles. The topological polar surface area (TPSA) is 326 Å². The van der Waals surface area contributed by atoms with Crippen LogP contribution in [0.5, 0.6) is 0 Å². The number of amides is 6. The molecule has 0 aliphatic rings. The van der Waals surface area contributed by atoms with Crippen molar-refractivity contribution in [3.8, 4) is 0 Å². The van der Waals surface area contributed by atoms with Crippen molar-refractivity contribution in [2.24, 2.45) is 0 Å².